The molecule has 2 aliphatic heterocycles. The number of nitrogens with one attached hydrogen (secondary N) is 1. The van der Waals surface area contributed by atoms with Crippen LogP contribution >= 0.6 is 0 Å². The van der Waals surface area contributed by atoms with Gasteiger partial charge in [-0.25, -0.2) is 15.0 Å². The minimum Gasteiger partial charge on any atom is -0.381 e. The molecule has 5 heterocycles. The van der Waals surface area contributed by atoms with Crippen LogP contribution < -0.4 is 9.80 Å². The van der Waals surface area contributed by atoms with Crippen LogP contribution in [0.2, 0.25) is 0 Å². The highest BCUT2D eigenvalue weighted by Crippen LogP contribution is 2.42. The van der Waals surface area contributed by atoms with Gasteiger partial charge >= 0.3 is 6.18 Å². The number of hydrogen-bond donors (Lipinski definition) is 1. The second-order valence-electron chi connectivity index (χ2n) is 12.4. The van der Waals surface area contributed by atoms with Crippen molar-refractivity contribution in [2.24, 2.45) is 0 Å². The highest BCUT2D eigenvalue weighted by atomic mass is 19.4. The number of fused-ring (bicyclic) bond motifs is 2. The molecule has 4 aromatic rings. The molecule has 1 fully saturated rings. The zero-order chi connectivity index (χ0) is 30.6. The summed E-state index contributed by atoms with van der Waals surface area (Å²) in [7, 11) is 1.74. The predicted molar refractivity (Wildman–Crippen MR) is 164 cm³/mol. The van der Waals surface area contributed by atoms with Crippen LogP contribution in [0.1, 0.15) is 74.4 Å². The third-order valence-electron chi connectivity index (χ3n) is 9.13. The lowest BCUT2D eigenvalue weighted by Crippen LogP contribution is -2.50. The number of rotatable bonds is 5. The number of aromatic amines is 1. The molecule has 1 unspecified atom stereocenters. The topological polar surface area (TPSA) is 70.2 Å². The van der Waals surface area contributed by atoms with E-state index in [1.54, 1.807) is 19.4 Å². The third kappa shape index (κ3) is 5.34. The lowest BCUT2D eigenvalue weighted by molar-refractivity contribution is -0.137. The molecule has 43 heavy (non-hydrogen) atoms. The van der Waals surface area contributed by atoms with Gasteiger partial charge in [0.1, 0.15) is 11.5 Å². The normalized spacial score (nSPS) is 21.1. The number of H-pyrrole nitrogens is 1. The number of aromatic nitrogens is 4. The van der Waals surface area contributed by atoms with Crippen molar-refractivity contribution in [3.05, 3.63) is 64.6 Å². The van der Waals surface area contributed by atoms with E-state index in [4.69, 9.17) is 14.7 Å². The summed E-state index contributed by atoms with van der Waals surface area (Å²) in [6.45, 7) is 12.1. The molecule has 1 aromatic carbocycles. The third-order valence-corrected chi connectivity index (χ3v) is 9.13. The molecule has 3 atom stereocenters. The molecular weight excluding hydrogens is 553 g/mol. The number of piperidine rings is 1. The Kier molecular flexibility index (Phi) is 7.61. The number of pyridine rings is 1. The maximum atomic E-state index is 14.4. The van der Waals surface area contributed by atoms with Gasteiger partial charge in [-0.05, 0) is 62.8 Å². The van der Waals surface area contributed by atoms with E-state index in [2.05, 4.69) is 72.6 Å². The Morgan fingerprint density at radius 2 is 1.81 bits per heavy atom. The van der Waals surface area contributed by atoms with Gasteiger partial charge in [-0.3, -0.25) is 0 Å². The number of alkyl halides is 3. The number of halogens is 3. The van der Waals surface area contributed by atoms with Crippen molar-refractivity contribution in [1.29, 1.82) is 0 Å². The SMILES string of the molecule is COC1C[C@@H](C)N(c2nc(-c3c(C(F)(F)F)cnc4[nH]ccc34)nc3c2CN(c2cc(C(C)C)ccc2C)CC3)[C@@H](C)C1. The fraction of sp³-hybridized carbons (Fsp3) is 0.485. The number of benzene rings is 1. The smallest absolute Gasteiger partial charge is 0.381 e. The van der Waals surface area contributed by atoms with Crippen LogP contribution in [0, 0.1) is 6.92 Å². The van der Waals surface area contributed by atoms with Crippen LogP contribution in [0.15, 0.2) is 36.7 Å². The van der Waals surface area contributed by atoms with E-state index in [-0.39, 0.29) is 29.6 Å². The minimum atomic E-state index is -4.61. The fourth-order valence-corrected chi connectivity index (χ4v) is 6.85. The quantitative estimate of drug-likeness (QED) is 0.260. The fourth-order valence-electron chi connectivity index (χ4n) is 6.85. The van der Waals surface area contributed by atoms with Crippen molar-refractivity contribution in [3.63, 3.8) is 0 Å². The first kappa shape index (κ1) is 29.4. The average molecular weight is 593 g/mol. The molecule has 0 spiro atoms. The summed E-state index contributed by atoms with van der Waals surface area (Å²) < 4.78 is 48.9. The van der Waals surface area contributed by atoms with E-state index in [1.165, 1.54) is 16.8 Å². The molecule has 7 nitrogen and oxygen atoms in total. The van der Waals surface area contributed by atoms with Crippen molar-refractivity contribution >= 4 is 22.5 Å². The molecule has 2 aliphatic rings. The summed E-state index contributed by atoms with van der Waals surface area (Å²) in [5, 5.41) is 0.360. The van der Waals surface area contributed by atoms with E-state index < -0.39 is 11.7 Å². The number of nitrogens with zero attached hydrogens (tertiary/aromatic N) is 5. The molecule has 3 aromatic heterocycles. The summed E-state index contributed by atoms with van der Waals surface area (Å²) in [6.07, 6.45) is 0.208. The van der Waals surface area contributed by atoms with Gasteiger partial charge in [-0.1, -0.05) is 26.0 Å². The van der Waals surface area contributed by atoms with Gasteiger partial charge in [-0.2, -0.15) is 13.2 Å². The Hall–Kier alpha value is -3.66. The van der Waals surface area contributed by atoms with Gasteiger partial charge in [0.15, 0.2) is 5.82 Å². The molecule has 0 saturated carbocycles. The standard InChI is InChI=1S/C33H39F3N6O/c1-18(2)22-8-7-19(3)28(15-22)41-12-10-27-25(17-41)32(42-20(4)13-23(43-6)14-21(42)5)40-31(39-27)29-24-9-11-37-30(24)38-16-26(29)33(34,35)36/h7-9,11,15-16,18,20-21,23H,10,12-14,17H2,1-6H3,(H,37,38)/t20-,21+,23?. The number of aryl methyl sites for hydroxylation is 1. The number of hydrogen-bond acceptors (Lipinski definition) is 6. The van der Waals surface area contributed by atoms with Crippen LogP contribution in [0.5, 0.6) is 0 Å². The summed E-state index contributed by atoms with van der Waals surface area (Å²) in [5.74, 6) is 1.20. The number of anilines is 2. The Morgan fingerprint density at radius 1 is 1.07 bits per heavy atom. The maximum absolute atomic E-state index is 14.4. The molecule has 1 saturated heterocycles. The van der Waals surface area contributed by atoms with Crippen molar-refractivity contribution < 1.29 is 17.9 Å². The van der Waals surface area contributed by atoms with Crippen LogP contribution in [-0.2, 0) is 23.9 Å². The average Bonchev–Trinajstić information content (AvgIpc) is 3.44. The molecule has 6 rings (SSSR count). The van der Waals surface area contributed by atoms with Crippen LogP contribution in [0.3, 0.4) is 0 Å². The molecule has 0 aliphatic carbocycles. The Labute approximate surface area is 250 Å². The van der Waals surface area contributed by atoms with Gasteiger partial charge in [0.05, 0.1) is 17.4 Å². The number of methoxy groups -OCH3 is 1. The molecule has 0 bridgehead atoms. The first-order chi connectivity index (χ1) is 20.5. The van der Waals surface area contributed by atoms with Crippen molar-refractivity contribution in [1.82, 2.24) is 19.9 Å². The lowest BCUT2D eigenvalue weighted by atomic mass is 9.93. The predicted octanol–water partition coefficient (Wildman–Crippen LogP) is 7.43. The van der Waals surface area contributed by atoms with Crippen molar-refractivity contribution in [2.45, 2.75) is 90.7 Å². The van der Waals surface area contributed by atoms with Gasteiger partial charge in [0, 0.05) is 73.3 Å². The molecule has 0 amide bonds. The van der Waals surface area contributed by atoms with Crippen LogP contribution in [0.25, 0.3) is 22.4 Å². The molecular formula is C33H39F3N6O. The maximum Gasteiger partial charge on any atom is 0.418 e. The summed E-state index contributed by atoms with van der Waals surface area (Å²) in [4.78, 5) is 21.6. The highest BCUT2D eigenvalue weighted by Gasteiger charge is 2.39. The van der Waals surface area contributed by atoms with E-state index in [1.807, 2.05) is 0 Å². The van der Waals surface area contributed by atoms with Gasteiger partial charge in [0.2, 0.25) is 0 Å². The molecule has 228 valence electrons. The van der Waals surface area contributed by atoms with Crippen molar-refractivity contribution in [3.8, 4) is 11.4 Å². The van der Waals surface area contributed by atoms with E-state index >= 15 is 0 Å². The second-order valence-corrected chi connectivity index (χ2v) is 12.4. The molecule has 0 radical (unpaired) electrons. The first-order valence-electron chi connectivity index (χ1n) is 15.1. The summed E-state index contributed by atoms with van der Waals surface area (Å²) in [5.41, 5.74) is 4.93. The van der Waals surface area contributed by atoms with Gasteiger partial charge in [-0.15, -0.1) is 0 Å². The Balaban J connectivity index is 1.54. The van der Waals surface area contributed by atoms with Crippen LogP contribution in [0.4, 0.5) is 24.7 Å². The van der Waals surface area contributed by atoms with Crippen molar-refractivity contribution in [2.75, 3.05) is 23.5 Å². The molecule has 1 N–H and O–H groups in total. The number of ether oxygens (including phenoxy) is 1. The largest absolute Gasteiger partial charge is 0.418 e. The zero-order valence-electron chi connectivity index (χ0n) is 25.6. The highest BCUT2D eigenvalue weighted by molar-refractivity contribution is 5.93. The molecule has 10 heteroatoms. The van der Waals surface area contributed by atoms with E-state index in [0.717, 1.165) is 30.3 Å². The summed E-state index contributed by atoms with van der Waals surface area (Å²) >= 11 is 0. The van der Waals surface area contributed by atoms with E-state index in [0.29, 0.717) is 42.3 Å². The zero-order valence-corrected chi connectivity index (χ0v) is 25.6. The Morgan fingerprint density at radius 3 is 2.49 bits per heavy atom. The Bertz CT molecular complexity index is 1640. The van der Waals surface area contributed by atoms with Gasteiger partial charge in [0.25, 0.3) is 0 Å². The lowest BCUT2D eigenvalue weighted by Gasteiger charge is -2.45. The monoisotopic (exact) mass is 592 g/mol. The van der Waals surface area contributed by atoms with Crippen LogP contribution in [-0.4, -0.2) is 51.8 Å². The minimum absolute atomic E-state index is 0.0298. The van der Waals surface area contributed by atoms with E-state index in [9.17, 15) is 13.2 Å². The second kappa shape index (κ2) is 11.1. The van der Waals surface area contributed by atoms with Gasteiger partial charge < -0.3 is 19.5 Å². The summed E-state index contributed by atoms with van der Waals surface area (Å²) in [6, 6.07) is 8.40. The first-order valence-corrected chi connectivity index (χ1v) is 15.1.